The van der Waals surface area contributed by atoms with E-state index in [-0.39, 0.29) is 45.3 Å². The van der Waals surface area contributed by atoms with Crippen molar-refractivity contribution in [1.29, 1.82) is 0 Å². The summed E-state index contributed by atoms with van der Waals surface area (Å²) in [5.74, 6) is -4.79. The van der Waals surface area contributed by atoms with E-state index in [1.54, 1.807) is 0 Å². The van der Waals surface area contributed by atoms with E-state index < -0.39 is 96.0 Å². The first-order valence-electron chi connectivity index (χ1n) is 16.0. The Balaban J connectivity index is 1.40. The van der Waals surface area contributed by atoms with Crippen LogP contribution >= 0.6 is 0 Å². The molecule has 1 saturated heterocycles. The number of benzene rings is 4. The van der Waals surface area contributed by atoms with Gasteiger partial charge in [0.2, 0.25) is 6.29 Å². The van der Waals surface area contributed by atoms with Crippen molar-refractivity contribution >= 4 is 6.08 Å². The van der Waals surface area contributed by atoms with E-state index in [0.717, 1.165) is 18.2 Å². The molecule has 16 nitrogen and oxygen atoms in total. The number of ether oxygens (including phenoxy) is 4. The molecule has 3 aliphatic rings. The maximum atomic E-state index is 12.0. The molecule has 3 aliphatic heterocycles. The quantitative estimate of drug-likeness (QED) is 0.0990. The summed E-state index contributed by atoms with van der Waals surface area (Å²) in [6.07, 6.45) is -11.1. The molecule has 274 valence electrons. The standard InChI is InChI=1S/C36H34O16/c37-12-25-29(45)31(47)32(48)36(51-25)50-24-10-17-19(41)11-22(44)27(35(17)52-33(24)13-1-4-15(38)5-2-13)28-26-21(43)8-16(39)9-23(26)49-34(30(28)46)14-3-6-18(40)20(42)7-14/h1-11,25,28-34,36-48H,12H2/p+1/t25-,28+,29-,30-,31+,32-,33?,34-,36-/m1/s1. The molecule has 0 saturated carbocycles. The van der Waals surface area contributed by atoms with Crippen molar-refractivity contribution in [1.82, 2.24) is 0 Å². The largest absolute Gasteiger partial charge is 0.571 e. The van der Waals surface area contributed by atoms with Crippen molar-refractivity contribution in [2.45, 2.75) is 54.9 Å². The molecule has 7 rings (SSSR count). The number of fused-ring (bicyclic) bond motifs is 2. The highest BCUT2D eigenvalue weighted by atomic mass is 16.7. The molecule has 1 unspecified atom stereocenters. The van der Waals surface area contributed by atoms with E-state index in [9.17, 15) is 61.3 Å². The van der Waals surface area contributed by atoms with E-state index in [1.807, 2.05) is 0 Å². The molecule has 0 aromatic heterocycles. The van der Waals surface area contributed by atoms with E-state index >= 15 is 0 Å². The molecule has 0 spiro atoms. The molecule has 52 heavy (non-hydrogen) atoms. The van der Waals surface area contributed by atoms with Crippen molar-refractivity contribution < 1.29 is 80.2 Å². The monoisotopic (exact) mass is 723 g/mol. The summed E-state index contributed by atoms with van der Waals surface area (Å²) in [5.41, 5.74) is 0.274. The number of aliphatic hydroxyl groups excluding tert-OH is 5. The van der Waals surface area contributed by atoms with Crippen molar-refractivity contribution in [3.63, 3.8) is 0 Å². The van der Waals surface area contributed by atoms with Gasteiger partial charge in [0.1, 0.15) is 76.1 Å². The zero-order valence-corrected chi connectivity index (χ0v) is 26.8. The minimum absolute atomic E-state index is 0.0697. The zero-order valence-electron chi connectivity index (χ0n) is 26.8. The minimum atomic E-state index is -1.81. The van der Waals surface area contributed by atoms with Gasteiger partial charge in [0.25, 0.3) is 11.9 Å². The van der Waals surface area contributed by atoms with E-state index in [1.165, 1.54) is 48.5 Å². The van der Waals surface area contributed by atoms with Crippen LogP contribution in [-0.2, 0) is 9.47 Å². The summed E-state index contributed by atoms with van der Waals surface area (Å²) >= 11 is 0. The van der Waals surface area contributed by atoms with Crippen LogP contribution in [-0.4, -0.2) is 109 Å². The van der Waals surface area contributed by atoms with Gasteiger partial charge in [-0.2, -0.15) is 0 Å². The molecule has 0 bridgehead atoms. The molecule has 16 heteroatoms. The zero-order chi connectivity index (χ0) is 37.2. The number of phenolic OH excluding ortho intramolecular Hbond substituents is 7. The number of rotatable bonds is 6. The van der Waals surface area contributed by atoms with Gasteiger partial charge >= 0.3 is 0 Å². The van der Waals surface area contributed by atoms with Gasteiger partial charge < -0.3 is 80.2 Å². The van der Waals surface area contributed by atoms with E-state index in [0.29, 0.717) is 5.56 Å². The molecular formula is C36H35O16+. The average molecular weight is 724 g/mol. The average Bonchev–Trinajstić information content (AvgIpc) is 3.10. The summed E-state index contributed by atoms with van der Waals surface area (Å²) in [4.78, 5) is 0. The highest BCUT2D eigenvalue weighted by molar-refractivity contribution is 5.74. The molecule has 9 atom stereocenters. The lowest BCUT2D eigenvalue weighted by Crippen LogP contribution is -2.59. The van der Waals surface area contributed by atoms with E-state index in [2.05, 4.69) is 0 Å². The molecule has 0 amide bonds. The van der Waals surface area contributed by atoms with Crippen LogP contribution in [0.15, 0.2) is 66.4 Å². The van der Waals surface area contributed by atoms with Gasteiger partial charge in [0, 0.05) is 29.8 Å². The van der Waals surface area contributed by atoms with Gasteiger partial charge in [-0.1, -0.05) is 6.07 Å². The number of phenols is 7. The Kier molecular flexibility index (Phi) is 8.82. The number of hydrogen-bond acceptors (Lipinski definition) is 15. The summed E-state index contributed by atoms with van der Waals surface area (Å²) in [7, 11) is 0. The number of aliphatic hydroxyl groups is 6. The number of hydrogen-bond donors (Lipinski definition) is 12. The second-order valence-corrected chi connectivity index (χ2v) is 12.7. The third-order valence-corrected chi connectivity index (χ3v) is 9.42. The SMILES string of the molecule is OC[C@H]1O[C@@H](OC2=Cc3c(O)cc(O)c([C@@H]4c5c(O)cc(O)cc5O[C@H](c5ccc(O)c(O)c5)[C@@H]4O)c3[OH+]C2c2ccc(O)cc2)[C@H](O)[C@@H](O)[C@@H]1O. The third-order valence-electron chi connectivity index (χ3n) is 9.42. The van der Waals surface area contributed by atoms with Gasteiger partial charge in [-0.05, 0) is 42.0 Å². The maximum Gasteiger partial charge on any atom is 0.274 e. The molecule has 13 N–H and O–H groups in total. The Morgan fingerprint density at radius 3 is 2.02 bits per heavy atom. The molecule has 4 aromatic rings. The van der Waals surface area contributed by atoms with Crippen molar-refractivity contribution in [2.24, 2.45) is 0 Å². The van der Waals surface area contributed by atoms with Crippen molar-refractivity contribution in [3.05, 3.63) is 94.2 Å². The molecule has 0 radical (unpaired) electrons. The Morgan fingerprint density at radius 2 is 1.33 bits per heavy atom. The summed E-state index contributed by atoms with van der Waals surface area (Å²) in [5, 5.41) is 127. The van der Waals surface area contributed by atoms with Crippen LogP contribution in [0.4, 0.5) is 0 Å². The van der Waals surface area contributed by atoms with Gasteiger partial charge in [0.05, 0.1) is 18.1 Å². The van der Waals surface area contributed by atoms with Crippen LogP contribution in [0.5, 0.6) is 51.7 Å². The van der Waals surface area contributed by atoms with Crippen LogP contribution in [0, 0.1) is 0 Å². The number of aromatic hydroxyl groups is 8. The van der Waals surface area contributed by atoms with Crippen LogP contribution in [0.1, 0.15) is 45.9 Å². The topological polar surface area (TPSA) is 283 Å². The van der Waals surface area contributed by atoms with Crippen LogP contribution in [0.2, 0.25) is 0 Å². The van der Waals surface area contributed by atoms with Gasteiger partial charge in [0.15, 0.2) is 23.4 Å². The Morgan fingerprint density at radius 1 is 0.635 bits per heavy atom. The predicted molar refractivity (Wildman–Crippen MR) is 176 cm³/mol. The second kappa shape index (κ2) is 13.2. The fourth-order valence-electron chi connectivity index (χ4n) is 6.83. The van der Waals surface area contributed by atoms with Crippen LogP contribution in [0.25, 0.3) is 6.08 Å². The molecule has 0 aliphatic carbocycles. The Labute approximate surface area is 293 Å². The molecular weight excluding hydrogens is 688 g/mol. The van der Waals surface area contributed by atoms with Crippen molar-refractivity contribution in [3.8, 4) is 51.7 Å². The van der Waals surface area contributed by atoms with Crippen molar-refractivity contribution in [2.75, 3.05) is 6.61 Å². The fraction of sp³-hybridized carbons (Fsp3) is 0.278. The smallest absolute Gasteiger partial charge is 0.274 e. The summed E-state index contributed by atoms with van der Waals surface area (Å²) < 4.78 is 22.4. The molecule has 1 fully saturated rings. The summed E-state index contributed by atoms with van der Waals surface area (Å²) in [6.45, 7) is -0.730. The molecule has 4 aromatic carbocycles. The molecule has 3 heterocycles. The van der Waals surface area contributed by atoms with Gasteiger partial charge in [-0.15, -0.1) is 0 Å². The Hall–Kier alpha value is -5.62. The first-order valence-corrected chi connectivity index (χ1v) is 16.0. The first kappa shape index (κ1) is 34.8. The lowest BCUT2D eigenvalue weighted by atomic mass is 9.78. The van der Waals surface area contributed by atoms with Crippen LogP contribution < -0.4 is 4.74 Å². The Bertz CT molecular complexity index is 2030. The maximum absolute atomic E-state index is 12.0. The highest BCUT2D eigenvalue weighted by Gasteiger charge is 2.49. The van der Waals surface area contributed by atoms with E-state index in [4.69, 9.17) is 18.9 Å². The van der Waals surface area contributed by atoms with Gasteiger partial charge in [-0.3, -0.25) is 0 Å². The predicted octanol–water partition coefficient (Wildman–Crippen LogP) is 1.41. The second-order valence-electron chi connectivity index (χ2n) is 12.7. The lowest BCUT2D eigenvalue weighted by molar-refractivity contribution is -0.295. The first-order chi connectivity index (χ1) is 24.8. The highest BCUT2D eigenvalue weighted by Crippen LogP contribution is 2.58. The third kappa shape index (κ3) is 5.86. The van der Waals surface area contributed by atoms with Gasteiger partial charge in [-0.25, -0.2) is 0 Å². The normalized spacial score (nSPS) is 28.1. The lowest BCUT2D eigenvalue weighted by Gasteiger charge is -2.41. The fourth-order valence-corrected chi connectivity index (χ4v) is 6.83. The minimum Gasteiger partial charge on any atom is -0.571 e. The summed E-state index contributed by atoms with van der Waals surface area (Å²) in [6, 6.07) is 12.5. The van der Waals surface area contributed by atoms with Crippen LogP contribution in [0.3, 0.4) is 0 Å².